The highest BCUT2D eigenvalue weighted by molar-refractivity contribution is 5.94. The maximum absolute atomic E-state index is 12.7. The number of rotatable bonds is 7. The molecule has 0 atom stereocenters. The molecule has 1 aromatic rings. The lowest BCUT2D eigenvalue weighted by atomic mass is 9.82. The van der Waals surface area contributed by atoms with Crippen LogP contribution >= 0.6 is 0 Å². The normalized spacial score (nSPS) is 15.6. The highest BCUT2D eigenvalue weighted by atomic mass is 16.5. The van der Waals surface area contributed by atoms with Crippen molar-refractivity contribution in [2.24, 2.45) is 5.41 Å². The smallest absolute Gasteiger partial charge is 0.313 e. The van der Waals surface area contributed by atoms with Crippen LogP contribution < -0.4 is 15.4 Å². The molecule has 2 amide bonds. The number of benzene rings is 1. The Morgan fingerprint density at radius 2 is 1.64 bits per heavy atom. The van der Waals surface area contributed by atoms with Crippen LogP contribution in [0.2, 0.25) is 0 Å². The third-order valence-corrected chi connectivity index (χ3v) is 4.72. The van der Waals surface area contributed by atoms with Gasteiger partial charge in [0, 0.05) is 17.6 Å². The van der Waals surface area contributed by atoms with Gasteiger partial charge in [0.05, 0.1) is 12.5 Å². The fourth-order valence-electron chi connectivity index (χ4n) is 3.43. The molecule has 1 aliphatic rings. The van der Waals surface area contributed by atoms with E-state index in [0.29, 0.717) is 24.3 Å². The van der Waals surface area contributed by atoms with Crippen LogP contribution in [0.5, 0.6) is 5.75 Å². The standard InChI is InChI=1S/C21H30N2O5/c1-20(2,3)23-17(24)13-21(11-5-6-12-21)19(26)28-14-18(25)22-15-7-9-16(27-4)10-8-15/h7-10H,5-6,11-14H2,1-4H3,(H,22,25)(H,23,24). The summed E-state index contributed by atoms with van der Waals surface area (Å²) in [7, 11) is 1.56. The van der Waals surface area contributed by atoms with Crippen LogP contribution in [0.3, 0.4) is 0 Å². The minimum Gasteiger partial charge on any atom is -0.497 e. The number of ether oxygens (including phenoxy) is 2. The summed E-state index contributed by atoms with van der Waals surface area (Å²) >= 11 is 0. The molecule has 1 fully saturated rings. The van der Waals surface area contributed by atoms with Crippen molar-refractivity contribution in [1.29, 1.82) is 0 Å². The molecule has 0 saturated heterocycles. The van der Waals surface area contributed by atoms with Crippen LogP contribution in [-0.2, 0) is 19.1 Å². The monoisotopic (exact) mass is 390 g/mol. The highest BCUT2D eigenvalue weighted by Gasteiger charge is 2.44. The van der Waals surface area contributed by atoms with Crippen molar-refractivity contribution in [3.05, 3.63) is 24.3 Å². The zero-order valence-corrected chi connectivity index (χ0v) is 17.1. The lowest BCUT2D eigenvalue weighted by Gasteiger charge is -2.28. The first-order valence-corrected chi connectivity index (χ1v) is 9.56. The molecule has 0 aliphatic heterocycles. The van der Waals surface area contributed by atoms with Gasteiger partial charge in [-0.05, 0) is 57.9 Å². The topological polar surface area (TPSA) is 93.7 Å². The molecular weight excluding hydrogens is 360 g/mol. The Labute approximate surface area is 166 Å². The van der Waals surface area contributed by atoms with Crippen LogP contribution in [-0.4, -0.2) is 37.0 Å². The molecule has 0 heterocycles. The molecular formula is C21H30N2O5. The van der Waals surface area contributed by atoms with Gasteiger partial charge >= 0.3 is 5.97 Å². The molecule has 7 heteroatoms. The summed E-state index contributed by atoms with van der Waals surface area (Å²) in [4.78, 5) is 37.2. The summed E-state index contributed by atoms with van der Waals surface area (Å²) in [5, 5.41) is 5.57. The molecule has 1 aromatic carbocycles. The van der Waals surface area contributed by atoms with E-state index >= 15 is 0 Å². The predicted molar refractivity (Wildman–Crippen MR) is 106 cm³/mol. The second-order valence-corrected chi connectivity index (χ2v) is 8.32. The lowest BCUT2D eigenvalue weighted by Crippen LogP contribution is -2.44. The summed E-state index contributed by atoms with van der Waals surface area (Å²) < 4.78 is 10.4. The van der Waals surface area contributed by atoms with E-state index in [-0.39, 0.29) is 24.5 Å². The number of methoxy groups -OCH3 is 1. The van der Waals surface area contributed by atoms with Gasteiger partial charge in [0.15, 0.2) is 6.61 Å². The molecule has 154 valence electrons. The van der Waals surface area contributed by atoms with E-state index in [1.165, 1.54) is 0 Å². The van der Waals surface area contributed by atoms with Crippen LogP contribution in [0.15, 0.2) is 24.3 Å². The van der Waals surface area contributed by atoms with Gasteiger partial charge in [-0.15, -0.1) is 0 Å². The van der Waals surface area contributed by atoms with Crippen molar-refractivity contribution in [2.75, 3.05) is 19.0 Å². The van der Waals surface area contributed by atoms with Crippen molar-refractivity contribution in [2.45, 2.75) is 58.4 Å². The third-order valence-electron chi connectivity index (χ3n) is 4.72. The second-order valence-electron chi connectivity index (χ2n) is 8.32. The number of anilines is 1. The SMILES string of the molecule is COc1ccc(NC(=O)COC(=O)C2(CC(=O)NC(C)(C)C)CCCC2)cc1. The van der Waals surface area contributed by atoms with E-state index in [0.717, 1.165) is 12.8 Å². The zero-order valence-electron chi connectivity index (χ0n) is 17.1. The van der Waals surface area contributed by atoms with Crippen LogP contribution in [0.1, 0.15) is 52.9 Å². The number of esters is 1. The number of nitrogens with one attached hydrogen (secondary N) is 2. The Bertz CT molecular complexity index is 701. The largest absolute Gasteiger partial charge is 0.497 e. The average molecular weight is 390 g/mol. The third kappa shape index (κ3) is 6.25. The van der Waals surface area contributed by atoms with Crippen molar-refractivity contribution >= 4 is 23.5 Å². The Hall–Kier alpha value is -2.57. The Morgan fingerprint density at radius 3 is 2.18 bits per heavy atom. The second kappa shape index (κ2) is 9.08. The first-order chi connectivity index (χ1) is 13.1. The first kappa shape index (κ1) is 21.7. The molecule has 0 unspecified atom stereocenters. The van der Waals surface area contributed by atoms with Crippen LogP contribution in [0.25, 0.3) is 0 Å². The Balaban J connectivity index is 1.90. The fourth-order valence-corrected chi connectivity index (χ4v) is 3.43. The van der Waals surface area contributed by atoms with Gasteiger partial charge < -0.3 is 20.1 Å². The average Bonchev–Trinajstić information content (AvgIpc) is 3.08. The van der Waals surface area contributed by atoms with Crippen LogP contribution in [0.4, 0.5) is 5.69 Å². The van der Waals surface area contributed by atoms with Crippen molar-refractivity contribution in [3.63, 3.8) is 0 Å². The number of hydrogen-bond acceptors (Lipinski definition) is 5. The van der Waals surface area contributed by atoms with E-state index in [9.17, 15) is 14.4 Å². The van der Waals surface area contributed by atoms with Gasteiger partial charge in [-0.25, -0.2) is 0 Å². The lowest BCUT2D eigenvalue weighted by molar-refractivity contribution is -0.160. The predicted octanol–water partition coefficient (Wildman–Crippen LogP) is 3.04. The summed E-state index contributed by atoms with van der Waals surface area (Å²) in [5.74, 6) is -0.389. The van der Waals surface area contributed by atoms with Gasteiger partial charge in [-0.3, -0.25) is 14.4 Å². The van der Waals surface area contributed by atoms with E-state index < -0.39 is 17.3 Å². The van der Waals surface area contributed by atoms with E-state index in [1.807, 2.05) is 20.8 Å². The summed E-state index contributed by atoms with van der Waals surface area (Å²) in [6.07, 6.45) is 3.03. The maximum Gasteiger partial charge on any atom is 0.313 e. The minimum atomic E-state index is -0.838. The van der Waals surface area contributed by atoms with E-state index in [4.69, 9.17) is 9.47 Å². The molecule has 0 aromatic heterocycles. The van der Waals surface area contributed by atoms with Gasteiger partial charge in [-0.1, -0.05) is 12.8 Å². The molecule has 0 bridgehead atoms. The first-order valence-electron chi connectivity index (χ1n) is 9.56. The maximum atomic E-state index is 12.7. The van der Waals surface area contributed by atoms with E-state index in [1.54, 1.807) is 31.4 Å². The number of hydrogen-bond donors (Lipinski definition) is 2. The van der Waals surface area contributed by atoms with Gasteiger partial charge in [0.1, 0.15) is 5.75 Å². The summed E-state index contributed by atoms with van der Waals surface area (Å²) in [6.45, 7) is 5.31. The molecule has 7 nitrogen and oxygen atoms in total. The summed E-state index contributed by atoms with van der Waals surface area (Å²) in [6, 6.07) is 6.85. The van der Waals surface area contributed by atoms with Crippen molar-refractivity contribution in [3.8, 4) is 5.75 Å². The highest BCUT2D eigenvalue weighted by Crippen LogP contribution is 2.42. The molecule has 1 saturated carbocycles. The molecule has 2 rings (SSSR count). The Morgan fingerprint density at radius 1 is 1.04 bits per heavy atom. The summed E-state index contributed by atoms with van der Waals surface area (Å²) in [5.41, 5.74) is -0.614. The van der Waals surface area contributed by atoms with Crippen molar-refractivity contribution < 1.29 is 23.9 Å². The molecule has 0 spiro atoms. The number of amides is 2. The minimum absolute atomic E-state index is 0.0865. The zero-order chi connectivity index (χ0) is 20.8. The molecule has 1 aliphatic carbocycles. The fraction of sp³-hybridized carbons (Fsp3) is 0.571. The Kier molecular flexibility index (Phi) is 7.05. The van der Waals surface area contributed by atoms with Gasteiger partial charge in [0.2, 0.25) is 5.91 Å². The molecule has 2 N–H and O–H groups in total. The number of carbonyl (C=O) groups is 3. The van der Waals surface area contributed by atoms with Gasteiger partial charge in [0.25, 0.3) is 5.91 Å². The quantitative estimate of drug-likeness (QED) is 0.698. The van der Waals surface area contributed by atoms with Crippen molar-refractivity contribution in [1.82, 2.24) is 5.32 Å². The van der Waals surface area contributed by atoms with Gasteiger partial charge in [-0.2, -0.15) is 0 Å². The van der Waals surface area contributed by atoms with Crippen LogP contribution in [0, 0.1) is 5.41 Å². The molecule has 0 radical (unpaired) electrons. The van der Waals surface area contributed by atoms with E-state index in [2.05, 4.69) is 10.6 Å². The number of carbonyl (C=O) groups excluding carboxylic acids is 3. The molecule has 28 heavy (non-hydrogen) atoms.